The van der Waals surface area contributed by atoms with Crippen molar-refractivity contribution in [1.29, 1.82) is 0 Å². The third-order valence-corrected chi connectivity index (χ3v) is 3.78. The molecule has 2 N–H and O–H groups in total. The van der Waals surface area contributed by atoms with Crippen molar-refractivity contribution < 1.29 is 33.0 Å². The van der Waals surface area contributed by atoms with Crippen molar-refractivity contribution in [1.82, 2.24) is 5.32 Å². The molecule has 156 valence electrons. The Bertz CT molecular complexity index is 925. The number of methoxy groups -OCH3 is 1. The van der Waals surface area contributed by atoms with Gasteiger partial charge in [0.15, 0.2) is 11.5 Å². The molecule has 0 radical (unpaired) electrons. The van der Waals surface area contributed by atoms with Crippen molar-refractivity contribution in [3.63, 3.8) is 0 Å². The fraction of sp³-hybridized carbons (Fsp3) is 0.364. The lowest BCUT2D eigenvalue weighted by molar-refractivity contribution is -0.139. The largest absolute Gasteiger partial charge is 0.493 e. The zero-order chi connectivity index (χ0) is 23.9. The molecule has 0 aromatic heterocycles. The van der Waals surface area contributed by atoms with Crippen LogP contribution in [-0.4, -0.2) is 35.8 Å². The van der Waals surface area contributed by atoms with Gasteiger partial charge in [0, 0.05) is 6.42 Å². The predicted octanol–water partition coefficient (Wildman–Crippen LogP) is 3.79. The van der Waals surface area contributed by atoms with E-state index in [0.717, 1.165) is 5.56 Å². The molecule has 7 heteroatoms. The third kappa shape index (κ3) is 7.37. The highest BCUT2D eigenvalue weighted by molar-refractivity contribution is 5.80. The molecule has 0 saturated carbocycles. The van der Waals surface area contributed by atoms with Gasteiger partial charge in [-0.25, -0.2) is 9.59 Å². The van der Waals surface area contributed by atoms with Crippen molar-refractivity contribution >= 4 is 12.1 Å². The number of amides is 1. The maximum atomic E-state index is 12.0. The minimum absolute atomic E-state index is 0.0557. The first-order valence-electron chi connectivity index (χ1n) is 10.5. The van der Waals surface area contributed by atoms with Gasteiger partial charge in [0.2, 0.25) is 0 Å². The number of carbonyl (C=O) groups is 2. The number of carbonyl (C=O) groups excluding carboxylic acids is 1. The summed E-state index contributed by atoms with van der Waals surface area (Å²) in [6, 6.07) is 12.5. The van der Waals surface area contributed by atoms with Crippen LogP contribution in [-0.2, 0) is 22.6 Å². The number of aliphatic carboxylic acids is 1. The van der Waals surface area contributed by atoms with Crippen LogP contribution >= 0.6 is 0 Å². The van der Waals surface area contributed by atoms with Gasteiger partial charge in [-0.1, -0.05) is 36.4 Å². The van der Waals surface area contributed by atoms with Gasteiger partial charge < -0.3 is 24.6 Å². The molecule has 2 aromatic rings. The lowest BCUT2D eigenvalue weighted by Crippen LogP contribution is -2.44. The molecule has 7 nitrogen and oxygen atoms in total. The molecular weight excluding hydrogens is 374 g/mol. The molecule has 0 heterocycles. The number of alkyl carbamates (subject to hydrolysis) is 1. The maximum absolute atomic E-state index is 12.0. The number of hydrogen-bond donors (Lipinski definition) is 2. The van der Waals surface area contributed by atoms with Crippen LogP contribution in [0.5, 0.6) is 11.5 Å². The number of carboxylic acids is 1. The molecule has 0 bridgehead atoms. The topological polar surface area (TPSA) is 94.1 Å². The van der Waals surface area contributed by atoms with Crippen LogP contribution < -0.4 is 14.8 Å². The van der Waals surface area contributed by atoms with Crippen LogP contribution in [0.4, 0.5) is 4.79 Å². The van der Waals surface area contributed by atoms with Crippen molar-refractivity contribution in [2.75, 3.05) is 7.04 Å². The van der Waals surface area contributed by atoms with Crippen LogP contribution in [0.15, 0.2) is 48.5 Å². The van der Waals surface area contributed by atoms with Gasteiger partial charge in [0.25, 0.3) is 0 Å². The number of nitrogens with one attached hydrogen (secondary N) is 1. The minimum Gasteiger partial charge on any atom is -0.493 e. The van der Waals surface area contributed by atoms with Crippen LogP contribution in [0.3, 0.4) is 0 Å². The highest BCUT2D eigenvalue weighted by Gasteiger charge is 2.24. The first kappa shape index (κ1) is 17.8. The highest BCUT2D eigenvalue weighted by Crippen LogP contribution is 2.29. The first-order chi connectivity index (χ1) is 14.8. The standard InChI is InChI=1S/C22H27NO6/c1-22(2,3)29-21(26)23-17(20(24)25)12-16-10-11-18(19(13-16)27-4)28-14-15-8-6-5-7-9-15/h5-11,13,17H,12,14H2,1-4H3,(H,23,26)(H,24,25)/t17-/m0/s1/i4D3. The first-order valence-corrected chi connectivity index (χ1v) is 9.03. The smallest absolute Gasteiger partial charge is 0.408 e. The summed E-state index contributed by atoms with van der Waals surface area (Å²) in [6.07, 6.45) is -0.989. The molecule has 0 aliphatic carbocycles. The van der Waals surface area contributed by atoms with E-state index in [1.807, 2.05) is 30.3 Å². The van der Waals surface area contributed by atoms with Gasteiger partial charge in [0.05, 0.1) is 11.2 Å². The molecule has 29 heavy (non-hydrogen) atoms. The Kier molecular flexibility index (Phi) is 6.04. The maximum Gasteiger partial charge on any atom is 0.408 e. The van der Waals surface area contributed by atoms with E-state index in [-0.39, 0.29) is 24.5 Å². The molecule has 2 aromatic carbocycles. The average Bonchev–Trinajstić information content (AvgIpc) is 2.65. The SMILES string of the molecule is [2H]C([2H])([2H])Oc1cc(C[C@H](NC(=O)OC(C)(C)C)C(=O)O)ccc1OCc1ccccc1. The summed E-state index contributed by atoms with van der Waals surface area (Å²) in [5.41, 5.74) is 0.523. The van der Waals surface area contributed by atoms with Crippen molar-refractivity contribution in [2.45, 2.75) is 45.4 Å². The second-order valence-electron chi connectivity index (χ2n) is 7.40. The monoisotopic (exact) mass is 404 g/mol. The van der Waals surface area contributed by atoms with E-state index < -0.39 is 30.7 Å². The van der Waals surface area contributed by atoms with Crippen LogP contribution in [0.25, 0.3) is 0 Å². The van der Waals surface area contributed by atoms with Gasteiger partial charge in [-0.2, -0.15) is 0 Å². The van der Waals surface area contributed by atoms with Crippen LogP contribution in [0.2, 0.25) is 0 Å². The zero-order valence-corrected chi connectivity index (χ0v) is 16.6. The van der Waals surface area contributed by atoms with E-state index in [1.54, 1.807) is 26.8 Å². The summed E-state index contributed by atoms with van der Waals surface area (Å²) in [5.74, 6) is -1.13. The average molecular weight is 404 g/mol. The van der Waals surface area contributed by atoms with E-state index in [1.165, 1.54) is 12.1 Å². The molecular formula is C22H27NO6. The molecule has 0 saturated heterocycles. The fourth-order valence-electron chi connectivity index (χ4n) is 2.50. The van der Waals surface area contributed by atoms with Gasteiger partial charge in [0.1, 0.15) is 18.2 Å². The molecule has 0 aliphatic rings. The molecule has 0 aliphatic heterocycles. The summed E-state index contributed by atoms with van der Waals surface area (Å²) in [5, 5.41) is 11.8. The fourth-order valence-corrected chi connectivity index (χ4v) is 2.50. The number of benzene rings is 2. The van der Waals surface area contributed by atoms with Gasteiger partial charge in [-0.3, -0.25) is 0 Å². The molecule has 0 spiro atoms. The molecule has 1 amide bonds. The Morgan fingerprint density at radius 3 is 2.45 bits per heavy atom. The second kappa shape index (κ2) is 9.82. The van der Waals surface area contributed by atoms with E-state index in [2.05, 4.69) is 5.32 Å². The lowest BCUT2D eigenvalue weighted by Gasteiger charge is -2.22. The van der Waals surface area contributed by atoms with E-state index in [0.29, 0.717) is 5.56 Å². The van der Waals surface area contributed by atoms with E-state index >= 15 is 0 Å². The highest BCUT2D eigenvalue weighted by atomic mass is 16.6. The summed E-state index contributed by atoms with van der Waals surface area (Å²) >= 11 is 0. The van der Waals surface area contributed by atoms with Crippen LogP contribution in [0.1, 0.15) is 36.0 Å². The summed E-state index contributed by atoms with van der Waals surface area (Å²) in [6.45, 7) is 5.17. The van der Waals surface area contributed by atoms with Gasteiger partial charge in [-0.05, 0) is 44.0 Å². The van der Waals surface area contributed by atoms with E-state index in [4.69, 9.17) is 18.3 Å². The Labute approximate surface area is 174 Å². The summed E-state index contributed by atoms with van der Waals surface area (Å²) < 4.78 is 38.1. The molecule has 2 rings (SSSR count). The Morgan fingerprint density at radius 1 is 1.10 bits per heavy atom. The summed E-state index contributed by atoms with van der Waals surface area (Å²) in [4.78, 5) is 23.6. The van der Waals surface area contributed by atoms with E-state index in [9.17, 15) is 14.7 Å². The number of hydrogen-bond acceptors (Lipinski definition) is 5. The van der Waals surface area contributed by atoms with Crippen molar-refractivity contribution in [2.24, 2.45) is 0 Å². The lowest BCUT2D eigenvalue weighted by atomic mass is 10.1. The van der Waals surface area contributed by atoms with Crippen molar-refractivity contribution in [3.05, 3.63) is 59.7 Å². The predicted molar refractivity (Wildman–Crippen MR) is 108 cm³/mol. The number of carboxylic acid groups (broad SMARTS) is 1. The van der Waals surface area contributed by atoms with Crippen LogP contribution in [0, 0.1) is 0 Å². The number of ether oxygens (including phenoxy) is 3. The second-order valence-corrected chi connectivity index (χ2v) is 7.40. The van der Waals surface area contributed by atoms with Gasteiger partial charge >= 0.3 is 12.1 Å². The molecule has 0 unspecified atom stereocenters. The summed E-state index contributed by atoms with van der Waals surface area (Å²) in [7, 11) is -2.73. The Balaban J connectivity index is 2.20. The zero-order valence-electron chi connectivity index (χ0n) is 19.6. The molecule has 0 fully saturated rings. The third-order valence-electron chi connectivity index (χ3n) is 3.78. The number of rotatable bonds is 8. The van der Waals surface area contributed by atoms with Crippen molar-refractivity contribution in [3.8, 4) is 11.5 Å². The Morgan fingerprint density at radius 2 is 1.83 bits per heavy atom. The van der Waals surface area contributed by atoms with Gasteiger partial charge in [-0.15, -0.1) is 0 Å². The minimum atomic E-state index is -2.73. The quantitative estimate of drug-likeness (QED) is 0.695. The molecule has 1 atom stereocenters. The Hall–Kier alpha value is -3.22. The normalized spacial score (nSPS) is 14.0.